The van der Waals surface area contributed by atoms with Crippen molar-refractivity contribution >= 4 is 11.8 Å². The smallest absolute Gasteiger partial charge is 0.221 e. The molecule has 4 N–H and O–H groups in total. The SMILES string of the molecule is Nc1nccc(N2C=CNN2)n1. The molecular formula is C6H8N6. The molecule has 0 fully saturated rings. The third kappa shape index (κ3) is 1.15. The van der Waals surface area contributed by atoms with Crippen LogP contribution in [-0.4, -0.2) is 9.97 Å². The molecule has 2 rings (SSSR count). The van der Waals surface area contributed by atoms with Gasteiger partial charge in [0, 0.05) is 24.7 Å². The Hall–Kier alpha value is -1.82. The van der Waals surface area contributed by atoms with Crippen LogP contribution in [0.4, 0.5) is 11.8 Å². The number of nitrogen functional groups attached to an aromatic ring is 1. The van der Waals surface area contributed by atoms with Gasteiger partial charge < -0.3 is 11.2 Å². The fourth-order valence-electron chi connectivity index (χ4n) is 0.887. The van der Waals surface area contributed by atoms with Crippen LogP contribution in [0.15, 0.2) is 24.7 Å². The van der Waals surface area contributed by atoms with Crippen molar-refractivity contribution in [3.8, 4) is 0 Å². The summed E-state index contributed by atoms with van der Waals surface area (Å²) in [6, 6.07) is 1.75. The van der Waals surface area contributed by atoms with E-state index in [0.29, 0.717) is 5.82 Å². The van der Waals surface area contributed by atoms with E-state index >= 15 is 0 Å². The first kappa shape index (κ1) is 6.86. The van der Waals surface area contributed by atoms with Crippen molar-refractivity contribution in [3.05, 3.63) is 24.7 Å². The second-order valence-corrected chi connectivity index (χ2v) is 2.21. The zero-order valence-electron chi connectivity index (χ0n) is 6.23. The van der Waals surface area contributed by atoms with Gasteiger partial charge in [-0.2, -0.15) is 4.98 Å². The van der Waals surface area contributed by atoms with Crippen LogP contribution in [0.25, 0.3) is 0 Å². The predicted molar refractivity (Wildman–Crippen MR) is 44.3 cm³/mol. The predicted octanol–water partition coefficient (Wildman–Crippen LogP) is -0.641. The van der Waals surface area contributed by atoms with Gasteiger partial charge in [0.1, 0.15) is 0 Å². The van der Waals surface area contributed by atoms with Gasteiger partial charge in [-0.15, -0.1) is 5.53 Å². The van der Waals surface area contributed by atoms with Gasteiger partial charge in [-0.3, -0.25) is 0 Å². The molecule has 0 atom stereocenters. The van der Waals surface area contributed by atoms with Crippen LogP contribution in [-0.2, 0) is 0 Å². The van der Waals surface area contributed by atoms with Crippen LogP contribution in [0.3, 0.4) is 0 Å². The fraction of sp³-hybridized carbons (Fsp3) is 0. The molecule has 0 radical (unpaired) electrons. The molecule has 0 bridgehead atoms. The molecule has 0 amide bonds. The highest BCUT2D eigenvalue weighted by molar-refractivity contribution is 5.43. The number of nitrogens with zero attached hydrogens (tertiary/aromatic N) is 3. The van der Waals surface area contributed by atoms with Gasteiger partial charge in [0.25, 0.3) is 0 Å². The number of hydrogen-bond donors (Lipinski definition) is 3. The number of hydrogen-bond acceptors (Lipinski definition) is 6. The Morgan fingerprint density at radius 2 is 2.42 bits per heavy atom. The van der Waals surface area contributed by atoms with Crippen LogP contribution in [0.2, 0.25) is 0 Å². The van der Waals surface area contributed by atoms with Crippen molar-refractivity contribution in [2.24, 2.45) is 0 Å². The Morgan fingerprint density at radius 1 is 1.50 bits per heavy atom. The number of aromatic nitrogens is 2. The summed E-state index contributed by atoms with van der Waals surface area (Å²) in [7, 11) is 0. The van der Waals surface area contributed by atoms with Gasteiger partial charge >= 0.3 is 0 Å². The third-order valence-electron chi connectivity index (χ3n) is 1.40. The van der Waals surface area contributed by atoms with Crippen LogP contribution in [0.5, 0.6) is 0 Å². The molecule has 12 heavy (non-hydrogen) atoms. The maximum atomic E-state index is 5.41. The summed E-state index contributed by atoms with van der Waals surface area (Å²) < 4.78 is 0. The van der Waals surface area contributed by atoms with E-state index < -0.39 is 0 Å². The standard InChI is InChI=1S/C6H8N6/c7-6-8-2-1-5(10-6)12-4-3-9-11-12/h1-4,9,11H,(H2,7,8,10). The Labute approximate surface area is 69.0 Å². The number of nitrogens with two attached hydrogens (primary N) is 1. The first-order valence-electron chi connectivity index (χ1n) is 3.42. The molecule has 6 heteroatoms. The third-order valence-corrected chi connectivity index (χ3v) is 1.40. The van der Waals surface area contributed by atoms with Crippen molar-refractivity contribution in [2.75, 3.05) is 10.7 Å². The summed E-state index contributed by atoms with van der Waals surface area (Å²) in [5.74, 6) is 0.957. The minimum atomic E-state index is 0.259. The maximum Gasteiger partial charge on any atom is 0.221 e. The molecule has 0 saturated heterocycles. The molecule has 1 aromatic heterocycles. The zero-order valence-corrected chi connectivity index (χ0v) is 6.23. The number of anilines is 2. The Bertz CT molecular complexity index is 309. The summed E-state index contributed by atoms with van der Waals surface area (Å²) in [6.45, 7) is 0. The highest BCUT2D eigenvalue weighted by Crippen LogP contribution is 2.09. The summed E-state index contributed by atoms with van der Waals surface area (Å²) in [6.07, 6.45) is 5.14. The lowest BCUT2D eigenvalue weighted by Crippen LogP contribution is -2.35. The molecular weight excluding hydrogens is 156 g/mol. The highest BCUT2D eigenvalue weighted by atomic mass is 15.7. The van der Waals surface area contributed by atoms with E-state index in [4.69, 9.17) is 5.73 Å². The van der Waals surface area contributed by atoms with E-state index in [0.717, 1.165) is 0 Å². The zero-order chi connectivity index (χ0) is 8.39. The summed E-state index contributed by atoms with van der Waals surface area (Å²) >= 11 is 0. The first-order chi connectivity index (χ1) is 5.86. The molecule has 0 aromatic carbocycles. The van der Waals surface area contributed by atoms with Crippen molar-refractivity contribution in [1.82, 2.24) is 20.9 Å². The average molecular weight is 164 g/mol. The molecule has 6 nitrogen and oxygen atoms in total. The molecule has 62 valence electrons. The Kier molecular flexibility index (Phi) is 1.52. The fourth-order valence-corrected chi connectivity index (χ4v) is 0.887. The number of rotatable bonds is 1. The van der Waals surface area contributed by atoms with E-state index in [1.54, 1.807) is 29.7 Å². The lowest BCUT2D eigenvalue weighted by atomic mass is 10.5. The number of hydrazine groups is 2. The summed E-state index contributed by atoms with van der Waals surface area (Å²) in [5, 5.41) is 1.69. The maximum absolute atomic E-state index is 5.41. The molecule has 0 unspecified atom stereocenters. The van der Waals surface area contributed by atoms with Crippen LogP contribution in [0, 0.1) is 0 Å². The molecule has 1 aliphatic heterocycles. The normalized spacial score (nSPS) is 14.8. The van der Waals surface area contributed by atoms with E-state index in [-0.39, 0.29) is 5.95 Å². The minimum absolute atomic E-state index is 0.259. The van der Waals surface area contributed by atoms with Gasteiger partial charge in [0.05, 0.1) is 0 Å². The molecule has 0 aliphatic carbocycles. The number of nitrogens with one attached hydrogen (secondary N) is 2. The van der Waals surface area contributed by atoms with Crippen LogP contribution < -0.4 is 21.7 Å². The summed E-state index contributed by atoms with van der Waals surface area (Å²) in [4.78, 5) is 7.77. The van der Waals surface area contributed by atoms with Gasteiger partial charge in [-0.1, -0.05) is 0 Å². The van der Waals surface area contributed by atoms with E-state index in [1.165, 1.54) is 0 Å². The van der Waals surface area contributed by atoms with Crippen LogP contribution >= 0.6 is 0 Å². The van der Waals surface area contributed by atoms with E-state index in [9.17, 15) is 0 Å². The minimum Gasteiger partial charge on any atom is -0.368 e. The van der Waals surface area contributed by atoms with Gasteiger partial charge in [-0.05, 0) is 0 Å². The van der Waals surface area contributed by atoms with Crippen molar-refractivity contribution in [3.63, 3.8) is 0 Å². The first-order valence-corrected chi connectivity index (χ1v) is 3.42. The monoisotopic (exact) mass is 164 g/mol. The second-order valence-electron chi connectivity index (χ2n) is 2.21. The topological polar surface area (TPSA) is 79.1 Å². The quantitative estimate of drug-likeness (QED) is 0.512. The van der Waals surface area contributed by atoms with Crippen molar-refractivity contribution < 1.29 is 0 Å². The molecule has 0 spiro atoms. The average Bonchev–Trinajstić information content (AvgIpc) is 2.56. The Balaban J connectivity index is 2.27. The van der Waals surface area contributed by atoms with Crippen LogP contribution in [0.1, 0.15) is 0 Å². The molecule has 2 heterocycles. The van der Waals surface area contributed by atoms with E-state index in [2.05, 4.69) is 20.9 Å². The molecule has 1 aliphatic rings. The van der Waals surface area contributed by atoms with Crippen molar-refractivity contribution in [1.29, 1.82) is 0 Å². The van der Waals surface area contributed by atoms with E-state index in [1.807, 2.05) is 0 Å². The second kappa shape index (κ2) is 2.67. The summed E-state index contributed by atoms with van der Waals surface area (Å²) in [5.41, 5.74) is 11.0. The highest BCUT2D eigenvalue weighted by Gasteiger charge is 2.06. The molecule has 1 aromatic rings. The Morgan fingerprint density at radius 3 is 3.08 bits per heavy atom. The lowest BCUT2D eigenvalue weighted by molar-refractivity contribution is 0.673. The largest absolute Gasteiger partial charge is 0.368 e. The molecule has 0 saturated carbocycles. The van der Waals surface area contributed by atoms with Gasteiger partial charge in [0.2, 0.25) is 5.95 Å². The lowest BCUT2D eigenvalue weighted by Gasteiger charge is -2.13. The van der Waals surface area contributed by atoms with Crippen molar-refractivity contribution in [2.45, 2.75) is 0 Å². The van der Waals surface area contributed by atoms with Gasteiger partial charge in [0.15, 0.2) is 5.82 Å². The van der Waals surface area contributed by atoms with Gasteiger partial charge in [-0.25, -0.2) is 9.99 Å².